The van der Waals surface area contributed by atoms with Crippen LogP contribution in [-0.2, 0) is 5.41 Å². The summed E-state index contributed by atoms with van der Waals surface area (Å²) < 4.78 is 0. The molecular weight excluding hydrogens is 296 g/mol. The Hall–Kier alpha value is -1.45. The van der Waals surface area contributed by atoms with E-state index in [0.29, 0.717) is 5.41 Å². The third-order valence-electron chi connectivity index (χ3n) is 6.58. The van der Waals surface area contributed by atoms with E-state index in [1.165, 1.54) is 44.2 Å². The predicted molar refractivity (Wildman–Crippen MR) is 98.1 cm³/mol. The molecule has 0 amide bonds. The molecule has 4 fully saturated rings. The number of anilines is 1. The fourth-order valence-electron chi connectivity index (χ4n) is 5.61. The van der Waals surface area contributed by atoms with Crippen LogP contribution >= 0.6 is 0 Å². The zero-order valence-electron chi connectivity index (χ0n) is 15.5. The van der Waals surface area contributed by atoms with Crippen molar-refractivity contribution in [2.45, 2.75) is 71.6 Å². The zero-order chi connectivity index (χ0) is 16.9. The second-order valence-corrected chi connectivity index (χ2v) is 9.56. The van der Waals surface area contributed by atoms with Crippen LogP contribution < -0.4 is 5.43 Å². The number of rotatable bonds is 3. The molecule has 0 aliphatic heterocycles. The van der Waals surface area contributed by atoms with Crippen LogP contribution in [0.15, 0.2) is 17.2 Å². The van der Waals surface area contributed by atoms with Crippen LogP contribution in [0, 0.1) is 23.2 Å². The summed E-state index contributed by atoms with van der Waals surface area (Å²) in [5, 5.41) is 13.4. The lowest BCUT2D eigenvalue weighted by molar-refractivity contribution is -0.0126. The molecule has 1 N–H and O–H groups in total. The molecule has 4 aliphatic carbocycles. The third-order valence-corrected chi connectivity index (χ3v) is 6.58. The number of nitrogens with one attached hydrogen (secondary N) is 1. The van der Waals surface area contributed by atoms with Crippen LogP contribution in [0.5, 0.6) is 0 Å². The summed E-state index contributed by atoms with van der Waals surface area (Å²) in [7, 11) is 0. The highest BCUT2D eigenvalue weighted by atomic mass is 15.3. The summed E-state index contributed by atoms with van der Waals surface area (Å²) in [4.78, 5) is 0. The predicted octanol–water partition coefficient (Wildman–Crippen LogP) is 4.78. The number of hydrazone groups is 1. The maximum Gasteiger partial charge on any atom is 0.168 e. The van der Waals surface area contributed by atoms with Crippen LogP contribution in [-0.4, -0.2) is 15.9 Å². The minimum Gasteiger partial charge on any atom is -0.260 e. The Bertz CT molecular complexity index is 603. The highest BCUT2D eigenvalue weighted by Crippen LogP contribution is 2.60. The van der Waals surface area contributed by atoms with Gasteiger partial charge >= 0.3 is 0 Å². The number of hydrogen-bond acceptors (Lipinski definition) is 4. The average molecular weight is 326 g/mol. The monoisotopic (exact) mass is 326 g/mol. The summed E-state index contributed by atoms with van der Waals surface area (Å²) in [5.41, 5.74) is 5.85. The molecule has 1 heterocycles. The van der Waals surface area contributed by atoms with Gasteiger partial charge in [-0.2, -0.15) is 10.2 Å². The molecule has 4 aliphatic rings. The van der Waals surface area contributed by atoms with Crippen molar-refractivity contribution in [1.29, 1.82) is 0 Å². The van der Waals surface area contributed by atoms with Crippen LogP contribution in [0.1, 0.15) is 71.9 Å². The van der Waals surface area contributed by atoms with Gasteiger partial charge in [0.2, 0.25) is 0 Å². The van der Waals surface area contributed by atoms with E-state index in [2.05, 4.69) is 43.3 Å². The van der Waals surface area contributed by atoms with Gasteiger partial charge in [0.05, 0.1) is 5.69 Å². The minimum absolute atomic E-state index is 0.0317. The molecule has 0 spiro atoms. The molecule has 5 rings (SSSR count). The highest BCUT2D eigenvalue weighted by molar-refractivity contribution is 5.89. The molecule has 130 valence electrons. The summed E-state index contributed by atoms with van der Waals surface area (Å²) in [6.07, 6.45) is 8.47. The Balaban J connectivity index is 1.48. The number of aromatic nitrogens is 2. The van der Waals surface area contributed by atoms with Crippen molar-refractivity contribution in [2.24, 2.45) is 28.3 Å². The van der Waals surface area contributed by atoms with Crippen LogP contribution in [0.3, 0.4) is 0 Å². The molecule has 0 atom stereocenters. The van der Waals surface area contributed by atoms with Gasteiger partial charge in [0.1, 0.15) is 0 Å². The SMILES string of the molecule is CC(=NNc1ccc(C(C)(C)C)nn1)C12CC3CC(CC(C3)C1)C2. The van der Waals surface area contributed by atoms with E-state index in [-0.39, 0.29) is 5.41 Å². The van der Waals surface area contributed by atoms with E-state index < -0.39 is 0 Å². The fourth-order valence-corrected chi connectivity index (χ4v) is 5.61. The fraction of sp³-hybridized carbons (Fsp3) is 0.750. The molecule has 0 unspecified atom stereocenters. The van der Waals surface area contributed by atoms with Gasteiger partial charge in [-0.05, 0) is 75.3 Å². The molecule has 0 radical (unpaired) electrons. The summed E-state index contributed by atoms with van der Waals surface area (Å²) in [6.45, 7) is 8.68. The standard InChI is InChI=1S/C20H30N4/c1-13(20-10-14-7-15(11-20)9-16(8-14)12-20)21-23-18-6-5-17(22-24-18)19(2,3)4/h5-6,14-16H,7-12H2,1-4H3,(H,23,24). The second kappa shape index (κ2) is 5.53. The zero-order valence-corrected chi connectivity index (χ0v) is 15.5. The van der Waals surface area contributed by atoms with E-state index in [9.17, 15) is 0 Å². The molecule has 24 heavy (non-hydrogen) atoms. The van der Waals surface area contributed by atoms with E-state index in [1.807, 2.05) is 12.1 Å². The van der Waals surface area contributed by atoms with Crippen molar-refractivity contribution in [3.8, 4) is 0 Å². The van der Waals surface area contributed by atoms with Gasteiger partial charge in [-0.1, -0.05) is 20.8 Å². The largest absolute Gasteiger partial charge is 0.260 e. The van der Waals surface area contributed by atoms with Gasteiger partial charge < -0.3 is 0 Å². The van der Waals surface area contributed by atoms with E-state index >= 15 is 0 Å². The van der Waals surface area contributed by atoms with Gasteiger partial charge in [-0.3, -0.25) is 5.43 Å². The van der Waals surface area contributed by atoms with Crippen molar-refractivity contribution in [3.63, 3.8) is 0 Å². The molecule has 1 aromatic rings. The van der Waals surface area contributed by atoms with Crippen molar-refractivity contribution >= 4 is 11.5 Å². The molecule has 4 bridgehead atoms. The Morgan fingerprint density at radius 3 is 2.08 bits per heavy atom. The van der Waals surface area contributed by atoms with E-state index in [1.54, 1.807) is 0 Å². The molecule has 0 saturated heterocycles. The van der Waals surface area contributed by atoms with Gasteiger partial charge in [-0.25, -0.2) is 0 Å². The van der Waals surface area contributed by atoms with Gasteiger partial charge in [0.15, 0.2) is 5.82 Å². The minimum atomic E-state index is 0.0317. The van der Waals surface area contributed by atoms with Crippen molar-refractivity contribution < 1.29 is 0 Å². The highest BCUT2D eigenvalue weighted by Gasteiger charge is 2.52. The summed E-state index contributed by atoms with van der Waals surface area (Å²) >= 11 is 0. The van der Waals surface area contributed by atoms with Gasteiger partial charge in [0.25, 0.3) is 0 Å². The van der Waals surface area contributed by atoms with Crippen LogP contribution in [0.25, 0.3) is 0 Å². The maximum atomic E-state index is 4.74. The second-order valence-electron chi connectivity index (χ2n) is 9.56. The number of nitrogens with zero attached hydrogens (tertiary/aromatic N) is 3. The molecular formula is C20H30N4. The van der Waals surface area contributed by atoms with Gasteiger partial charge in [0, 0.05) is 16.5 Å². The first-order valence-corrected chi connectivity index (χ1v) is 9.49. The first-order chi connectivity index (χ1) is 11.3. The van der Waals surface area contributed by atoms with Crippen molar-refractivity contribution in [1.82, 2.24) is 10.2 Å². The molecule has 4 nitrogen and oxygen atoms in total. The maximum absolute atomic E-state index is 4.74. The first kappa shape index (κ1) is 16.0. The van der Waals surface area contributed by atoms with E-state index in [4.69, 9.17) is 5.10 Å². The Kier molecular flexibility index (Phi) is 3.70. The van der Waals surface area contributed by atoms with E-state index in [0.717, 1.165) is 29.3 Å². The Labute approximate surface area is 145 Å². The molecule has 4 heteroatoms. The van der Waals surface area contributed by atoms with Crippen molar-refractivity contribution in [3.05, 3.63) is 17.8 Å². The molecule has 0 aromatic carbocycles. The summed E-state index contributed by atoms with van der Waals surface area (Å²) in [6, 6.07) is 4.04. The van der Waals surface area contributed by atoms with Gasteiger partial charge in [-0.15, -0.1) is 5.10 Å². The lowest BCUT2D eigenvalue weighted by Crippen LogP contribution is -2.49. The van der Waals surface area contributed by atoms with Crippen LogP contribution in [0.4, 0.5) is 5.82 Å². The Morgan fingerprint density at radius 2 is 1.62 bits per heavy atom. The number of hydrogen-bond donors (Lipinski definition) is 1. The van der Waals surface area contributed by atoms with Crippen molar-refractivity contribution in [2.75, 3.05) is 5.43 Å². The molecule has 1 aromatic heterocycles. The van der Waals surface area contributed by atoms with Crippen LogP contribution in [0.2, 0.25) is 0 Å². The normalized spacial score (nSPS) is 35.3. The average Bonchev–Trinajstić information content (AvgIpc) is 2.51. The lowest BCUT2D eigenvalue weighted by atomic mass is 9.48. The lowest BCUT2D eigenvalue weighted by Gasteiger charge is -2.56. The molecule has 4 saturated carbocycles. The third kappa shape index (κ3) is 2.84. The smallest absolute Gasteiger partial charge is 0.168 e. The first-order valence-electron chi connectivity index (χ1n) is 9.49. The quantitative estimate of drug-likeness (QED) is 0.642. The Morgan fingerprint density at radius 1 is 1.04 bits per heavy atom. The topological polar surface area (TPSA) is 50.2 Å². The summed E-state index contributed by atoms with van der Waals surface area (Å²) in [5.74, 6) is 3.60.